The lowest BCUT2D eigenvalue weighted by molar-refractivity contribution is -0.124. The molecular formula is C27H33N3O6. The van der Waals surface area contributed by atoms with Gasteiger partial charge in [-0.15, -0.1) is 0 Å². The molecule has 192 valence electrons. The van der Waals surface area contributed by atoms with E-state index in [0.29, 0.717) is 35.6 Å². The number of amides is 2. The van der Waals surface area contributed by atoms with Crippen LogP contribution in [-0.2, 0) is 25.5 Å². The molecule has 9 nitrogen and oxygen atoms in total. The molecule has 2 heterocycles. The van der Waals surface area contributed by atoms with E-state index in [2.05, 4.69) is 4.98 Å². The Balaban J connectivity index is 1.84. The first kappa shape index (κ1) is 25.6. The summed E-state index contributed by atoms with van der Waals surface area (Å²) in [4.78, 5) is 47.3. The van der Waals surface area contributed by atoms with Gasteiger partial charge in [0.1, 0.15) is 11.4 Å². The molecular weight excluding hydrogens is 462 g/mol. The molecule has 2 amide bonds. The number of hydrogen-bond donors (Lipinski definition) is 0. The van der Waals surface area contributed by atoms with Gasteiger partial charge < -0.3 is 19.1 Å². The number of ether oxygens (including phenoxy) is 3. The van der Waals surface area contributed by atoms with Gasteiger partial charge in [0.2, 0.25) is 5.91 Å². The highest BCUT2D eigenvalue weighted by Crippen LogP contribution is 2.42. The summed E-state index contributed by atoms with van der Waals surface area (Å²) in [7, 11) is 3.00. The second-order valence-electron chi connectivity index (χ2n) is 10.1. The molecule has 0 radical (unpaired) electrons. The number of aromatic nitrogens is 1. The van der Waals surface area contributed by atoms with E-state index in [9.17, 15) is 14.4 Å². The third kappa shape index (κ3) is 5.21. The highest BCUT2D eigenvalue weighted by molar-refractivity contribution is 6.07. The standard InChI is InChI=1S/C27H33N3O6/c1-27(2,3)36-26(33)30-21-13-10-18(25(32)35-5)15-22(21)29(16-19-7-6-14-28-23(19)30)24(31)17-8-11-20(34-4)12-9-17/h6-7,10,13-15,17,20H,8-9,11-12,16H2,1-5H3. The van der Waals surface area contributed by atoms with Crippen molar-refractivity contribution in [3.63, 3.8) is 0 Å². The van der Waals surface area contributed by atoms with Gasteiger partial charge in [-0.2, -0.15) is 0 Å². The Labute approximate surface area is 211 Å². The molecule has 1 saturated carbocycles. The van der Waals surface area contributed by atoms with E-state index < -0.39 is 17.7 Å². The van der Waals surface area contributed by atoms with E-state index in [1.807, 2.05) is 6.07 Å². The summed E-state index contributed by atoms with van der Waals surface area (Å²) in [6, 6.07) is 8.42. The average molecular weight is 496 g/mol. The molecule has 1 fully saturated rings. The highest BCUT2D eigenvalue weighted by atomic mass is 16.6. The van der Waals surface area contributed by atoms with Crippen LogP contribution >= 0.6 is 0 Å². The maximum absolute atomic E-state index is 13.9. The molecule has 0 unspecified atom stereocenters. The van der Waals surface area contributed by atoms with Crippen molar-refractivity contribution in [2.24, 2.45) is 5.92 Å². The predicted molar refractivity (Wildman–Crippen MR) is 134 cm³/mol. The SMILES string of the molecule is COC(=O)c1ccc2c(c1)N(C(=O)C1CCC(OC)CC1)Cc1cccnc1N2C(=O)OC(C)(C)C. The van der Waals surface area contributed by atoms with Crippen LogP contribution in [0, 0.1) is 5.92 Å². The average Bonchev–Trinajstić information content (AvgIpc) is 3.01. The van der Waals surface area contributed by atoms with E-state index in [4.69, 9.17) is 14.2 Å². The molecule has 0 N–H and O–H groups in total. The lowest BCUT2D eigenvalue weighted by atomic mass is 9.86. The molecule has 2 aliphatic rings. The first-order valence-corrected chi connectivity index (χ1v) is 12.2. The van der Waals surface area contributed by atoms with Gasteiger partial charge >= 0.3 is 12.1 Å². The van der Waals surface area contributed by atoms with Gasteiger partial charge in [0.15, 0.2) is 0 Å². The minimum atomic E-state index is -0.750. The number of carbonyl (C=O) groups excluding carboxylic acids is 3. The second kappa shape index (κ2) is 10.3. The van der Waals surface area contributed by atoms with E-state index in [0.717, 1.165) is 12.8 Å². The number of methoxy groups -OCH3 is 2. The number of esters is 1. The molecule has 9 heteroatoms. The van der Waals surface area contributed by atoms with Gasteiger partial charge in [-0.1, -0.05) is 6.07 Å². The maximum Gasteiger partial charge on any atom is 0.420 e. The fraction of sp³-hybridized carbons (Fsp3) is 0.481. The summed E-state index contributed by atoms with van der Waals surface area (Å²) < 4.78 is 16.1. The second-order valence-corrected chi connectivity index (χ2v) is 10.1. The lowest BCUT2D eigenvalue weighted by Gasteiger charge is -2.32. The number of fused-ring (bicyclic) bond motifs is 2. The van der Waals surface area contributed by atoms with Crippen LogP contribution in [0.3, 0.4) is 0 Å². The van der Waals surface area contributed by atoms with Crippen molar-refractivity contribution in [1.82, 2.24) is 4.98 Å². The summed E-state index contributed by atoms with van der Waals surface area (Å²) in [5.41, 5.74) is 1.06. The number of nitrogens with zero attached hydrogens (tertiary/aromatic N) is 3. The van der Waals surface area contributed by atoms with Crippen LogP contribution < -0.4 is 9.80 Å². The molecule has 0 atom stereocenters. The number of hydrogen-bond acceptors (Lipinski definition) is 7. The topological polar surface area (TPSA) is 98.3 Å². The zero-order valence-electron chi connectivity index (χ0n) is 21.4. The quantitative estimate of drug-likeness (QED) is 0.553. The number of anilines is 3. The van der Waals surface area contributed by atoms with Gasteiger partial charge in [-0.05, 0) is 70.7 Å². The fourth-order valence-corrected chi connectivity index (χ4v) is 4.75. The van der Waals surface area contributed by atoms with Crippen molar-refractivity contribution in [2.75, 3.05) is 24.0 Å². The molecule has 0 saturated heterocycles. The third-order valence-corrected chi connectivity index (χ3v) is 6.53. The number of rotatable bonds is 3. The lowest BCUT2D eigenvalue weighted by Crippen LogP contribution is -2.38. The molecule has 1 aromatic heterocycles. The van der Waals surface area contributed by atoms with Crippen molar-refractivity contribution in [3.8, 4) is 0 Å². The number of benzene rings is 1. The van der Waals surface area contributed by atoms with E-state index in [1.54, 1.807) is 63.2 Å². The largest absolute Gasteiger partial charge is 0.465 e. The summed E-state index contributed by atoms with van der Waals surface area (Å²) in [5, 5.41) is 0. The molecule has 2 aromatic rings. The minimum Gasteiger partial charge on any atom is -0.465 e. The fourth-order valence-electron chi connectivity index (χ4n) is 4.75. The molecule has 4 rings (SSSR count). The Morgan fingerprint density at radius 1 is 1.00 bits per heavy atom. The molecule has 1 aliphatic heterocycles. The van der Waals surface area contributed by atoms with Crippen LogP contribution in [0.15, 0.2) is 36.5 Å². The highest BCUT2D eigenvalue weighted by Gasteiger charge is 2.38. The summed E-state index contributed by atoms with van der Waals surface area (Å²) in [6.45, 7) is 5.56. The van der Waals surface area contributed by atoms with E-state index in [1.165, 1.54) is 12.0 Å². The van der Waals surface area contributed by atoms with Gasteiger partial charge in [-0.3, -0.25) is 4.79 Å². The number of pyridine rings is 1. The van der Waals surface area contributed by atoms with Crippen LogP contribution in [0.25, 0.3) is 0 Å². The van der Waals surface area contributed by atoms with Crippen LogP contribution in [0.1, 0.15) is 62.4 Å². The maximum atomic E-state index is 13.9. The Morgan fingerprint density at radius 3 is 2.36 bits per heavy atom. The van der Waals surface area contributed by atoms with Gasteiger partial charge in [0.05, 0.1) is 36.7 Å². The normalized spacial score (nSPS) is 19.6. The zero-order chi connectivity index (χ0) is 26.0. The predicted octanol–water partition coefficient (Wildman–Crippen LogP) is 4.99. The zero-order valence-corrected chi connectivity index (χ0v) is 21.4. The molecule has 36 heavy (non-hydrogen) atoms. The number of carbonyl (C=O) groups is 3. The summed E-state index contributed by atoms with van der Waals surface area (Å²) in [6.07, 6.45) is 4.15. The summed E-state index contributed by atoms with van der Waals surface area (Å²) in [5.74, 6) is -0.403. The van der Waals surface area contributed by atoms with E-state index in [-0.39, 0.29) is 30.0 Å². The first-order chi connectivity index (χ1) is 17.1. The Kier molecular flexibility index (Phi) is 7.31. The van der Waals surface area contributed by atoms with Gasteiger partial charge in [0.25, 0.3) is 0 Å². The summed E-state index contributed by atoms with van der Waals surface area (Å²) >= 11 is 0. The van der Waals surface area contributed by atoms with E-state index >= 15 is 0 Å². The minimum absolute atomic E-state index is 0.0614. The van der Waals surface area contributed by atoms with Gasteiger partial charge in [-0.25, -0.2) is 19.5 Å². The van der Waals surface area contributed by atoms with Crippen LogP contribution in [0.4, 0.5) is 22.0 Å². The van der Waals surface area contributed by atoms with Crippen LogP contribution in [0.2, 0.25) is 0 Å². The van der Waals surface area contributed by atoms with Crippen molar-refractivity contribution in [3.05, 3.63) is 47.7 Å². The molecule has 1 aromatic carbocycles. The molecule has 0 spiro atoms. The van der Waals surface area contributed by atoms with Crippen molar-refractivity contribution >= 4 is 35.2 Å². The van der Waals surface area contributed by atoms with Crippen LogP contribution in [-0.4, -0.2) is 48.9 Å². The Hall–Kier alpha value is -3.46. The van der Waals surface area contributed by atoms with Crippen molar-refractivity contribution in [1.29, 1.82) is 0 Å². The van der Waals surface area contributed by atoms with Crippen LogP contribution in [0.5, 0.6) is 0 Å². The Bertz CT molecular complexity index is 1150. The molecule has 1 aliphatic carbocycles. The van der Waals surface area contributed by atoms with Crippen molar-refractivity contribution < 1.29 is 28.6 Å². The third-order valence-electron chi connectivity index (χ3n) is 6.53. The molecule has 0 bridgehead atoms. The smallest absolute Gasteiger partial charge is 0.420 e. The van der Waals surface area contributed by atoms with Crippen molar-refractivity contribution in [2.45, 2.75) is 64.7 Å². The first-order valence-electron chi connectivity index (χ1n) is 12.2. The monoisotopic (exact) mass is 495 g/mol. The Morgan fingerprint density at radius 2 is 1.72 bits per heavy atom. The van der Waals surface area contributed by atoms with Gasteiger partial charge in [0, 0.05) is 24.8 Å².